The molecule has 1 aromatic heterocycles. The summed E-state index contributed by atoms with van der Waals surface area (Å²) in [6.07, 6.45) is 3.18. The van der Waals surface area contributed by atoms with E-state index in [4.69, 9.17) is 27.9 Å². The van der Waals surface area contributed by atoms with Crippen molar-refractivity contribution in [2.24, 2.45) is 0 Å². The number of unbranched alkanes of at least 4 members (excludes halogenated alkanes) is 1. The van der Waals surface area contributed by atoms with Crippen molar-refractivity contribution in [3.05, 3.63) is 105 Å². The van der Waals surface area contributed by atoms with E-state index in [0.717, 1.165) is 12.0 Å². The number of carbonyl (C=O) groups is 2. The van der Waals surface area contributed by atoms with Crippen molar-refractivity contribution in [1.29, 1.82) is 0 Å². The number of rotatable bonds is 12. The van der Waals surface area contributed by atoms with Crippen molar-refractivity contribution in [2.45, 2.75) is 71.5 Å². The molecule has 4 aromatic rings. The number of imidazole rings is 1. The molecule has 4 rings (SSSR count). The van der Waals surface area contributed by atoms with Crippen molar-refractivity contribution in [1.82, 2.24) is 14.5 Å². The van der Waals surface area contributed by atoms with Crippen molar-refractivity contribution in [3.63, 3.8) is 0 Å². The summed E-state index contributed by atoms with van der Waals surface area (Å²) in [5.41, 5.74) is 2.31. The van der Waals surface area contributed by atoms with E-state index in [1.165, 1.54) is 20.9 Å². The number of halogens is 2. The van der Waals surface area contributed by atoms with Gasteiger partial charge in [0.05, 0.1) is 15.7 Å². The summed E-state index contributed by atoms with van der Waals surface area (Å²) in [5.74, 6) is -0.360. The average Bonchev–Trinajstić information content (AvgIpc) is 3.29. The Morgan fingerprint density at radius 3 is 2.34 bits per heavy atom. The lowest BCUT2D eigenvalue weighted by molar-refractivity contribution is -0.141. The van der Waals surface area contributed by atoms with Gasteiger partial charge < -0.3 is 15.2 Å². The Morgan fingerprint density at radius 1 is 0.977 bits per heavy atom. The predicted molar refractivity (Wildman–Crippen MR) is 174 cm³/mol. The van der Waals surface area contributed by atoms with Crippen LogP contribution in [0.25, 0.3) is 11.3 Å². The highest BCUT2D eigenvalue weighted by Crippen LogP contribution is 2.31. The Bertz CT molecular complexity index is 1690. The molecule has 44 heavy (non-hydrogen) atoms. The summed E-state index contributed by atoms with van der Waals surface area (Å²) in [7, 11) is 0. The zero-order chi connectivity index (χ0) is 32.0. The molecule has 1 heterocycles. The van der Waals surface area contributed by atoms with Gasteiger partial charge in [-0.1, -0.05) is 94.1 Å². The Labute approximate surface area is 267 Å². The van der Waals surface area contributed by atoms with Crippen LogP contribution in [0.5, 0.6) is 11.5 Å². The molecule has 0 fully saturated rings. The van der Waals surface area contributed by atoms with Gasteiger partial charge >= 0.3 is 11.7 Å². The molecule has 0 spiro atoms. The van der Waals surface area contributed by atoms with Crippen LogP contribution in [-0.2, 0) is 28.1 Å². The first-order chi connectivity index (χ1) is 20.9. The van der Waals surface area contributed by atoms with Gasteiger partial charge in [-0.25, -0.2) is 9.59 Å². The topological polar surface area (TPSA) is 103 Å². The predicted octanol–water partition coefficient (Wildman–Crippen LogP) is 7.85. The number of hydrogen-bond acceptors (Lipinski definition) is 4. The zero-order valence-corrected chi connectivity index (χ0v) is 26.8. The maximum atomic E-state index is 13.7. The number of aliphatic carboxylic acids is 1. The average molecular weight is 639 g/mol. The van der Waals surface area contributed by atoms with E-state index >= 15 is 0 Å². The number of ether oxygens (including phenoxy) is 1. The van der Waals surface area contributed by atoms with Crippen LogP contribution in [0.4, 0.5) is 0 Å². The second-order valence-electron chi connectivity index (χ2n) is 11.7. The summed E-state index contributed by atoms with van der Waals surface area (Å²) in [6, 6.07) is 18.9. The van der Waals surface area contributed by atoms with Gasteiger partial charge in [-0.15, -0.1) is 0 Å². The third kappa shape index (κ3) is 8.12. The van der Waals surface area contributed by atoms with Crippen molar-refractivity contribution in [3.8, 4) is 22.8 Å². The molecule has 0 radical (unpaired) electrons. The summed E-state index contributed by atoms with van der Waals surface area (Å²) in [5, 5.41) is 13.7. The number of carbonyl (C=O) groups excluding carboxylic acids is 1. The number of carboxylic acids is 1. The molecule has 2 N–H and O–H groups in total. The van der Waals surface area contributed by atoms with E-state index in [0.29, 0.717) is 39.2 Å². The lowest BCUT2D eigenvalue weighted by Gasteiger charge is -2.19. The smallest absolute Gasteiger partial charge is 0.329 e. The minimum absolute atomic E-state index is 0.00813. The fourth-order valence-electron chi connectivity index (χ4n) is 4.83. The Balaban J connectivity index is 1.64. The second kappa shape index (κ2) is 14.2. The van der Waals surface area contributed by atoms with Gasteiger partial charge in [0.15, 0.2) is 0 Å². The van der Waals surface area contributed by atoms with E-state index in [9.17, 15) is 19.5 Å². The van der Waals surface area contributed by atoms with Crippen molar-refractivity contribution < 1.29 is 19.4 Å². The number of nitrogens with zero attached hydrogens (tertiary/aromatic N) is 2. The van der Waals surface area contributed by atoms with Gasteiger partial charge in [-0.05, 0) is 59.4 Å². The van der Waals surface area contributed by atoms with Crippen LogP contribution in [0, 0.1) is 0 Å². The Morgan fingerprint density at radius 2 is 1.70 bits per heavy atom. The van der Waals surface area contributed by atoms with Crippen LogP contribution in [0.15, 0.2) is 77.7 Å². The van der Waals surface area contributed by atoms with Crippen LogP contribution in [0.2, 0.25) is 10.0 Å². The fraction of sp³-hybridized carbons (Fsp3) is 0.324. The first-order valence-corrected chi connectivity index (χ1v) is 15.3. The molecule has 232 valence electrons. The number of carboxylic acid groups (broad SMARTS) is 1. The van der Waals surface area contributed by atoms with Gasteiger partial charge in [-0.3, -0.25) is 13.9 Å². The summed E-state index contributed by atoms with van der Waals surface area (Å²) in [4.78, 5) is 39.0. The summed E-state index contributed by atoms with van der Waals surface area (Å²) < 4.78 is 8.62. The summed E-state index contributed by atoms with van der Waals surface area (Å²) >= 11 is 12.1. The van der Waals surface area contributed by atoms with Gasteiger partial charge in [0.25, 0.3) is 0 Å². The monoisotopic (exact) mass is 637 g/mol. The highest BCUT2D eigenvalue weighted by atomic mass is 35.5. The maximum Gasteiger partial charge on any atom is 0.329 e. The molecule has 3 aromatic carbocycles. The number of benzene rings is 3. The molecule has 0 aliphatic heterocycles. The molecule has 0 aliphatic rings. The molecule has 0 bridgehead atoms. The molecule has 0 unspecified atom stereocenters. The SMILES string of the molecule is CCCC[C@@H](C(=O)O)n1c(-c2cccc(Oc3ccc(C(C)(C)C)cc3)c2)cn(CC(=O)NCc2ccc(Cl)c(Cl)c2)c1=O. The van der Waals surface area contributed by atoms with Crippen LogP contribution in [0.3, 0.4) is 0 Å². The first kappa shape index (κ1) is 32.9. The van der Waals surface area contributed by atoms with Gasteiger partial charge in [-0.2, -0.15) is 0 Å². The van der Waals surface area contributed by atoms with Crippen molar-refractivity contribution in [2.75, 3.05) is 0 Å². The lowest BCUT2D eigenvalue weighted by Crippen LogP contribution is -2.35. The standard InChI is InChI=1S/C34H37Cl2N3O5/c1-5-6-10-29(32(41)42)39-30(20-38(33(39)43)21-31(40)37-19-22-11-16-27(35)28(36)17-22)23-8-7-9-26(18-23)44-25-14-12-24(13-15-25)34(2,3)4/h7-9,11-18,20,29H,5-6,10,19,21H2,1-4H3,(H,37,40)(H,41,42)/t29-/m0/s1. The Hall–Kier alpha value is -4.01. The highest BCUT2D eigenvalue weighted by Gasteiger charge is 2.27. The number of aromatic nitrogens is 2. The minimum Gasteiger partial charge on any atom is -0.480 e. The van der Waals surface area contributed by atoms with Crippen molar-refractivity contribution >= 4 is 35.1 Å². The maximum absolute atomic E-state index is 13.7. The molecule has 1 atom stereocenters. The molecule has 1 amide bonds. The van der Waals surface area contributed by atoms with E-state index in [-0.39, 0.29) is 24.9 Å². The van der Waals surface area contributed by atoms with E-state index in [1.54, 1.807) is 42.5 Å². The molecular weight excluding hydrogens is 601 g/mol. The minimum atomic E-state index is -1.12. The zero-order valence-electron chi connectivity index (χ0n) is 25.3. The number of nitrogens with one attached hydrogen (secondary N) is 1. The number of amides is 1. The highest BCUT2D eigenvalue weighted by molar-refractivity contribution is 6.42. The number of hydrogen-bond donors (Lipinski definition) is 2. The van der Waals surface area contributed by atoms with E-state index in [1.807, 2.05) is 31.2 Å². The first-order valence-electron chi connectivity index (χ1n) is 14.5. The quantitative estimate of drug-likeness (QED) is 0.165. The molecule has 0 saturated carbocycles. The van der Waals surface area contributed by atoms with Crippen LogP contribution < -0.4 is 15.7 Å². The van der Waals surface area contributed by atoms with Crippen LogP contribution >= 0.6 is 23.2 Å². The fourth-order valence-corrected chi connectivity index (χ4v) is 5.15. The van der Waals surface area contributed by atoms with E-state index in [2.05, 4.69) is 26.1 Å². The largest absolute Gasteiger partial charge is 0.480 e. The third-order valence-electron chi connectivity index (χ3n) is 7.29. The Kier molecular flexibility index (Phi) is 10.6. The van der Waals surface area contributed by atoms with Crippen LogP contribution in [0.1, 0.15) is 64.1 Å². The van der Waals surface area contributed by atoms with E-state index < -0.39 is 23.6 Å². The lowest BCUT2D eigenvalue weighted by atomic mass is 9.87. The third-order valence-corrected chi connectivity index (χ3v) is 8.03. The summed E-state index contributed by atoms with van der Waals surface area (Å²) in [6.45, 7) is 8.27. The normalized spacial score (nSPS) is 12.1. The van der Waals surface area contributed by atoms with Gasteiger partial charge in [0.1, 0.15) is 24.1 Å². The molecule has 0 saturated heterocycles. The van der Waals surface area contributed by atoms with Gasteiger partial charge in [0, 0.05) is 18.3 Å². The molecule has 0 aliphatic carbocycles. The molecule has 8 nitrogen and oxygen atoms in total. The molecular formula is C34H37Cl2N3O5. The van der Waals surface area contributed by atoms with Gasteiger partial charge in [0.2, 0.25) is 5.91 Å². The second-order valence-corrected chi connectivity index (χ2v) is 12.5. The van der Waals surface area contributed by atoms with Crippen LogP contribution in [-0.4, -0.2) is 26.1 Å². The molecule has 10 heteroatoms.